The third kappa shape index (κ3) is 2.27. The molecule has 0 amide bonds. The third-order valence-electron chi connectivity index (χ3n) is 2.75. The van der Waals surface area contributed by atoms with Crippen molar-refractivity contribution in [3.63, 3.8) is 0 Å². The number of nitrogens with zero attached hydrogens (tertiary/aromatic N) is 5. The van der Waals surface area contributed by atoms with E-state index < -0.39 is 0 Å². The van der Waals surface area contributed by atoms with E-state index in [2.05, 4.69) is 36.1 Å². The normalized spacial score (nSPS) is 10.7. The average Bonchev–Trinajstić information content (AvgIpc) is 2.95. The number of benzene rings is 1. The van der Waals surface area contributed by atoms with E-state index in [4.69, 9.17) is 5.73 Å². The summed E-state index contributed by atoms with van der Waals surface area (Å²) in [6, 6.07) is 9.64. The van der Waals surface area contributed by atoms with Gasteiger partial charge in [-0.15, -0.1) is 5.10 Å². The number of anilines is 1. The number of aromatic nitrogens is 5. The van der Waals surface area contributed by atoms with Gasteiger partial charge in [-0.3, -0.25) is 0 Å². The van der Waals surface area contributed by atoms with Crippen molar-refractivity contribution in [3.05, 3.63) is 46.7 Å². The first-order valence-corrected chi connectivity index (χ1v) is 6.72. The van der Waals surface area contributed by atoms with Gasteiger partial charge in [0.15, 0.2) is 11.5 Å². The number of rotatable bonds is 2. The van der Waals surface area contributed by atoms with E-state index in [0.717, 1.165) is 11.4 Å². The molecule has 0 bridgehead atoms. The van der Waals surface area contributed by atoms with Gasteiger partial charge in [-0.05, 0) is 35.0 Å². The van der Waals surface area contributed by atoms with E-state index in [1.165, 1.54) is 4.80 Å². The van der Waals surface area contributed by atoms with Crippen LogP contribution in [0, 0.1) is 6.92 Å². The molecule has 7 heteroatoms. The molecule has 0 saturated carbocycles. The molecular weight excluding hydrogens is 320 g/mol. The fourth-order valence-electron chi connectivity index (χ4n) is 1.75. The minimum Gasteiger partial charge on any atom is -0.383 e. The summed E-state index contributed by atoms with van der Waals surface area (Å²) in [4.78, 5) is 10.1. The van der Waals surface area contributed by atoms with Crippen LogP contribution in [0.15, 0.2) is 41.0 Å². The molecule has 0 aliphatic carbocycles. The highest BCUT2D eigenvalue weighted by Gasteiger charge is 2.12. The lowest BCUT2D eigenvalue weighted by atomic mass is 10.3. The second-order valence-corrected chi connectivity index (χ2v) is 4.98. The fraction of sp³-hybridized carbons (Fsp3) is 0.0769. The largest absolute Gasteiger partial charge is 0.383 e. The van der Waals surface area contributed by atoms with Crippen LogP contribution in [-0.2, 0) is 0 Å². The molecule has 6 nitrogen and oxygen atoms in total. The molecule has 2 heterocycles. The summed E-state index contributed by atoms with van der Waals surface area (Å²) in [5, 5.41) is 8.59. The van der Waals surface area contributed by atoms with Gasteiger partial charge in [-0.25, -0.2) is 9.97 Å². The Morgan fingerprint density at radius 3 is 2.60 bits per heavy atom. The van der Waals surface area contributed by atoms with Crippen molar-refractivity contribution in [1.29, 1.82) is 0 Å². The number of halogens is 1. The summed E-state index contributed by atoms with van der Waals surface area (Å²) in [5.74, 6) is 0.854. The molecule has 0 radical (unpaired) electrons. The van der Waals surface area contributed by atoms with Crippen molar-refractivity contribution >= 4 is 21.7 Å². The van der Waals surface area contributed by atoms with Crippen LogP contribution in [0.5, 0.6) is 0 Å². The molecule has 0 aliphatic rings. The van der Waals surface area contributed by atoms with Gasteiger partial charge in [-0.1, -0.05) is 18.2 Å². The van der Waals surface area contributed by atoms with Crippen LogP contribution in [0.3, 0.4) is 0 Å². The van der Waals surface area contributed by atoms with Gasteiger partial charge in [0.2, 0.25) is 0 Å². The van der Waals surface area contributed by atoms with Gasteiger partial charge in [0, 0.05) is 0 Å². The predicted octanol–water partition coefficient (Wildman–Crippen LogP) is 2.38. The lowest BCUT2D eigenvalue weighted by Gasteiger charge is -2.03. The van der Waals surface area contributed by atoms with Crippen molar-refractivity contribution in [2.75, 3.05) is 5.73 Å². The molecule has 20 heavy (non-hydrogen) atoms. The molecule has 3 aromatic rings. The van der Waals surface area contributed by atoms with Gasteiger partial charge < -0.3 is 5.73 Å². The molecule has 0 atom stereocenters. The smallest absolute Gasteiger partial charge is 0.184 e. The van der Waals surface area contributed by atoms with E-state index in [9.17, 15) is 0 Å². The fourth-order valence-corrected chi connectivity index (χ4v) is 1.92. The lowest BCUT2D eigenvalue weighted by molar-refractivity contribution is 0.752. The van der Waals surface area contributed by atoms with E-state index >= 15 is 0 Å². The van der Waals surface area contributed by atoms with Gasteiger partial charge in [0.05, 0.1) is 22.1 Å². The molecule has 0 unspecified atom stereocenters. The van der Waals surface area contributed by atoms with Crippen LogP contribution >= 0.6 is 15.9 Å². The average molecular weight is 331 g/mol. The maximum Gasteiger partial charge on any atom is 0.184 e. The Morgan fingerprint density at radius 2 is 1.90 bits per heavy atom. The van der Waals surface area contributed by atoms with Crippen molar-refractivity contribution in [3.8, 4) is 17.2 Å². The molecule has 0 saturated heterocycles. The van der Waals surface area contributed by atoms with Crippen LogP contribution in [0.25, 0.3) is 17.2 Å². The van der Waals surface area contributed by atoms with E-state index in [-0.39, 0.29) is 0 Å². The standard InChI is InChI=1S/C13H11BrN6/c1-8-11(14)12(15)18-13(17-8)10-7-16-20(19-10)9-5-3-2-4-6-9/h2-7H,1H3,(H2,15,17,18). The third-order valence-corrected chi connectivity index (χ3v) is 3.73. The van der Waals surface area contributed by atoms with E-state index in [1.54, 1.807) is 6.20 Å². The highest BCUT2D eigenvalue weighted by atomic mass is 79.9. The molecule has 0 spiro atoms. The number of aryl methyl sites for hydroxylation is 1. The second kappa shape index (κ2) is 5.01. The first-order chi connectivity index (χ1) is 9.65. The quantitative estimate of drug-likeness (QED) is 0.779. The van der Waals surface area contributed by atoms with Gasteiger partial charge in [0.25, 0.3) is 0 Å². The van der Waals surface area contributed by atoms with Crippen LogP contribution in [0.4, 0.5) is 5.82 Å². The monoisotopic (exact) mass is 330 g/mol. The molecular formula is C13H11BrN6. The van der Waals surface area contributed by atoms with Crippen LogP contribution < -0.4 is 5.73 Å². The second-order valence-electron chi connectivity index (χ2n) is 4.19. The molecule has 1 aromatic carbocycles. The van der Waals surface area contributed by atoms with E-state index in [1.807, 2.05) is 37.3 Å². The molecule has 2 N–H and O–H groups in total. The van der Waals surface area contributed by atoms with Gasteiger partial charge >= 0.3 is 0 Å². The summed E-state index contributed by atoms with van der Waals surface area (Å²) in [7, 11) is 0. The van der Waals surface area contributed by atoms with Crippen LogP contribution in [0.1, 0.15) is 5.69 Å². The summed E-state index contributed by atoms with van der Waals surface area (Å²) >= 11 is 3.34. The highest BCUT2D eigenvalue weighted by molar-refractivity contribution is 9.10. The Bertz CT molecular complexity index is 730. The minimum absolute atomic E-state index is 0.391. The maximum atomic E-state index is 5.82. The first kappa shape index (κ1) is 12.7. The number of nitrogens with two attached hydrogens (primary N) is 1. The van der Waals surface area contributed by atoms with Crippen LogP contribution in [0.2, 0.25) is 0 Å². The summed E-state index contributed by atoms with van der Waals surface area (Å²) in [6.45, 7) is 1.85. The Balaban J connectivity index is 2.03. The zero-order valence-electron chi connectivity index (χ0n) is 10.7. The lowest BCUT2D eigenvalue weighted by Crippen LogP contribution is -2.01. The molecule has 0 aliphatic heterocycles. The Kier molecular flexibility index (Phi) is 3.19. The first-order valence-electron chi connectivity index (χ1n) is 5.93. The number of nitrogen functional groups attached to an aromatic ring is 1. The van der Waals surface area contributed by atoms with Gasteiger partial charge in [0.1, 0.15) is 5.82 Å². The Morgan fingerprint density at radius 1 is 1.15 bits per heavy atom. The topological polar surface area (TPSA) is 82.5 Å². The molecule has 0 fully saturated rings. The van der Waals surface area contributed by atoms with Crippen molar-refractivity contribution in [1.82, 2.24) is 25.0 Å². The minimum atomic E-state index is 0.391. The summed E-state index contributed by atoms with van der Waals surface area (Å²) < 4.78 is 0.705. The molecule has 100 valence electrons. The summed E-state index contributed by atoms with van der Waals surface area (Å²) in [6.07, 6.45) is 1.62. The predicted molar refractivity (Wildman–Crippen MR) is 79.2 cm³/mol. The Labute approximate surface area is 123 Å². The zero-order valence-corrected chi connectivity index (χ0v) is 12.2. The SMILES string of the molecule is Cc1nc(-c2cnn(-c3ccccc3)n2)nc(N)c1Br. The maximum absolute atomic E-state index is 5.82. The molecule has 3 rings (SSSR count). The van der Waals surface area contributed by atoms with Crippen molar-refractivity contribution in [2.45, 2.75) is 6.92 Å². The Hall–Kier alpha value is -2.28. The van der Waals surface area contributed by atoms with Crippen molar-refractivity contribution in [2.24, 2.45) is 0 Å². The van der Waals surface area contributed by atoms with Gasteiger partial charge in [-0.2, -0.15) is 9.90 Å². The van der Waals surface area contributed by atoms with Crippen LogP contribution in [-0.4, -0.2) is 25.0 Å². The summed E-state index contributed by atoms with van der Waals surface area (Å²) in [5.41, 5.74) is 8.04. The molecule has 2 aromatic heterocycles. The number of hydrogen-bond donors (Lipinski definition) is 1. The van der Waals surface area contributed by atoms with Crippen molar-refractivity contribution < 1.29 is 0 Å². The highest BCUT2D eigenvalue weighted by Crippen LogP contribution is 2.23. The zero-order chi connectivity index (χ0) is 14.1. The number of hydrogen-bond acceptors (Lipinski definition) is 5. The number of para-hydroxylation sites is 1. The van der Waals surface area contributed by atoms with E-state index in [0.29, 0.717) is 21.8 Å².